The van der Waals surface area contributed by atoms with Crippen LogP contribution in [0, 0.1) is 0 Å². The summed E-state index contributed by atoms with van der Waals surface area (Å²) in [7, 11) is 0. The van der Waals surface area contributed by atoms with Gasteiger partial charge in [-0.15, -0.1) is 0 Å². The molecule has 0 fully saturated rings. The van der Waals surface area contributed by atoms with E-state index in [4.69, 9.17) is 5.11 Å². The molecule has 1 rings (SSSR count). The maximum atomic E-state index is 8.76. The van der Waals surface area contributed by atoms with Crippen LogP contribution in [0.1, 0.15) is 30.9 Å². The average Bonchev–Trinajstić information content (AvgIpc) is 2.18. The number of benzene rings is 1. The van der Waals surface area contributed by atoms with Gasteiger partial charge in [0, 0.05) is 3.58 Å². The highest BCUT2D eigenvalue weighted by atomic mass is 127. The van der Waals surface area contributed by atoms with Crippen LogP contribution in [0.25, 0.3) is 3.58 Å². The van der Waals surface area contributed by atoms with Gasteiger partial charge < -0.3 is 5.11 Å². The number of hydrogen-bond donors (Lipinski definition) is 1. The van der Waals surface area contributed by atoms with Gasteiger partial charge in [0.2, 0.25) is 0 Å². The quantitative estimate of drug-likeness (QED) is 0.846. The monoisotopic (exact) mass is 302 g/mol. The average molecular weight is 302 g/mol. The molecule has 0 unspecified atom stereocenters. The van der Waals surface area contributed by atoms with Crippen LogP contribution >= 0.6 is 22.6 Å². The lowest BCUT2D eigenvalue weighted by Crippen LogP contribution is -1.87. The lowest BCUT2D eigenvalue weighted by atomic mass is 10.0. The molecule has 0 aliphatic carbocycles. The van der Waals surface area contributed by atoms with Gasteiger partial charge in [-0.2, -0.15) is 0 Å². The highest BCUT2D eigenvalue weighted by Gasteiger charge is 2.00. The third-order valence-corrected chi connectivity index (χ3v) is 3.19. The first-order chi connectivity index (χ1) is 6.65. The molecule has 0 aromatic heterocycles. The molecule has 1 aromatic rings. The normalized spacial score (nSPS) is 12.2. The summed E-state index contributed by atoms with van der Waals surface area (Å²) in [6, 6.07) is 8.49. The molecule has 0 bridgehead atoms. The Balaban J connectivity index is 2.88. The smallest absolute Gasteiger partial charge is 0.0625 e. The number of hydrogen-bond acceptors (Lipinski definition) is 1. The van der Waals surface area contributed by atoms with E-state index in [0.29, 0.717) is 5.92 Å². The van der Waals surface area contributed by atoms with Crippen molar-refractivity contribution in [2.45, 2.75) is 19.8 Å². The molecule has 0 heterocycles. The molecule has 0 amide bonds. The number of halogens is 1. The molecule has 0 aliphatic rings. The SMILES string of the molecule is CC(C)c1ccc(C(I)=CCO)cc1. The standard InChI is InChI=1S/C12H15IO/c1-9(2)10-3-5-11(6-4-10)12(13)7-8-14/h3-7,9,14H,8H2,1-2H3. The van der Waals surface area contributed by atoms with Crippen LogP contribution in [0.3, 0.4) is 0 Å². The molecule has 14 heavy (non-hydrogen) atoms. The Labute approximate surface area is 99.0 Å². The maximum absolute atomic E-state index is 8.76. The van der Waals surface area contributed by atoms with E-state index in [1.165, 1.54) is 11.1 Å². The van der Waals surface area contributed by atoms with E-state index in [-0.39, 0.29) is 6.61 Å². The van der Waals surface area contributed by atoms with Gasteiger partial charge in [0.15, 0.2) is 0 Å². The Morgan fingerprint density at radius 2 is 1.93 bits per heavy atom. The highest BCUT2D eigenvalue weighted by molar-refractivity contribution is 14.1. The van der Waals surface area contributed by atoms with E-state index in [1.807, 2.05) is 6.08 Å². The first kappa shape index (κ1) is 11.7. The van der Waals surface area contributed by atoms with Crippen LogP contribution in [0.4, 0.5) is 0 Å². The zero-order valence-corrected chi connectivity index (χ0v) is 10.7. The van der Waals surface area contributed by atoms with Gasteiger partial charge in [-0.05, 0) is 45.7 Å². The van der Waals surface area contributed by atoms with Gasteiger partial charge in [-0.25, -0.2) is 0 Å². The minimum absolute atomic E-state index is 0.101. The van der Waals surface area contributed by atoms with Crippen molar-refractivity contribution >= 4 is 26.2 Å². The van der Waals surface area contributed by atoms with Crippen molar-refractivity contribution in [2.75, 3.05) is 6.61 Å². The molecular formula is C12H15IO. The van der Waals surface area contributed by atoms with Crippen LogP contribution < -0.4 is 0 Å². The van der Waals surface area contributed by atoms with E-state index in [0.717, 1.165) is 3.58 Å². The summed E-state index contributed by atoms with van der Waals surface area (Å²) >= 11 is 2.24. The summed E-state index contributed by atoms with van der Waals surface area (Å²) in [6.07, 6.45) is 1.81. The maximum Gasteiger partial charge on any atom is 0.0625 e. The Hall–Kier alpha value is -0.350. The fourth-order valence-electron chi connectivity index (χ4n) is 1.23. The zero-order chi connectivity index (χ0) is 10.6. The lowest BCUT2D eigenvalue weighted by Gasteiger charge is -2.06. The molecule has 1 N–H and O–H groups in total. The van der Waals surface area contributed by atoms with Crippen molar-refractivity contribution < 1.29 is 5.11 Å². The van der Waals surface area contributed by atoms with E-state index in [9.17, 15) is 0 Å². The molecule has 0 saturated heterocycles. The molecule has 0 atom stereocenters. The summed E-state index contributed by atoms with van der Waals surface area (Å²) < 4.78 is 1.10. The molecule has 0 aliphatic heterocycles. The first-order valence-electron chi connectivity index (χ1n) is 4.72. The minimum atomic E-state index is 0.101. The molecule has 1 nitrogen and oxygen atoms in total. The third-order valence-electron chi connectivity index (χ3n) is 2.12. The van der Waals surface area contributed by atoms with Gasteiger partial charge in [0.1, 0.15) is 0 Å². The fraction of sp³-hybridized carbons (Fsp3) is 0.333. The van der Waals surface area contributed by atoms with Gasteiger partial charge in [0.05, 0.1) is 6.61 Å². The second-order valence-electron chi connectivity index (χ2n) is 3.51. The summed E-state index contributed by atoms with van der Waals surface area (Å²) in [6.45, 7) is 4.47. The van der Waals surface area contributed by atoms with E-state index in [2.05, 4.69) is 60.7 Å². The Bertz CT molecular complexity index is 312. The number of rotatable bonds is 3. The Kier molecular flexibility index (Phi) is 4.62. The van der Waals surface area contributed by atoms with Crippen molar-refractivity contribution in [3.05, 3.63) is 41.5 Å². The Morgan fingerprint density at radius 3 is 2.36 bits per heavy atom. The fourth-order valence-corrected chi connectivity index (χ4v) is 1.78. The second kappa shape index (κ2) is 5.51. The van der Waals surface area contributed by atoms with Crippen molar-refractivity contribution in [3.8, 4) is 0 Å². The molecule has 0 spiro atoms. The van der Waals surface area contributed by atoms with Gasteiger partial charge in [0.25, 0.3) is 0 Å². The third kappa shape index (κ3) is 3.10. The molecule has 0 saturated carbocycles. The van der Waals surface area contributed by atoms with Crippen LogP contribution in [-0.4, -0.2) is 11.7 Å². The molecule has 76 valence electrons. The first-order valence-corrected chi connectivity index (χ1v) is 5.80. The van der Waals surface area contributed by atoms with Crippen LogP contribution in [0.15, 0.2) is 30.3 Å². The lowest BCUT2D eigenvalue weighted by molar-refractivity contribution is 0.343. The van der Waals surface area contributed by atoms with Gasteiger partial charge >= 0.3 is 0 Å². The van der Waals surface area contributed by atoms with Crippen LogP contribution in [-0.2, 0) is 0 Å². The summed E-state index contributed by atoms with van der Waals surface area (Å²) in [5.41, 5.74) is 2.52. The predicted molar refractivity (Wildman–Crippen MR) is 69.6 cm³/mol. The van der Waals surface area contributed by atoms with Crippen molar-refractivity contribution in [1.29, 1.82) is 0 Å². The van der Waals surface area contributed by atoms with Crippen molar-refractivity contribution in [3.63, 3.8) is 0 Å². The van der Waals surface area contributed by atoms with Gasteiger partial charge in [-0.3, -0.25) is 0 Å². The van der Waals surface area contributed by atoms with E-state index < -0.39 is 0 Å². The number of aliphatic hydroxyl groups excluding tert-OH is 1. The summed E-state index contributed by atoms with van der Waals surface area (Å²) in [5, 5.41) is 8.76. The van der Waals surface area contributed by atoms with Gasteiger partial charge in [-0.1, -0.05) is 38.1 Å². The zero-order valence-electron chi connectivity index (χ0n) is 8.50. The Morgan fingerprint density at radius 1 is 1.36 bits per heavy atom. The molecule has 0 radical (unpaired) electrons. The second-order valence-corrected chi connectivity index (χ2v) is 4.67. The molecular weight excluding hydrogens is 287 g/mol. The molecule has 2 heteroatoms. The predicted octanol–water partition coefficient (Wildman–Crippen LogP) is 3.58. The topological polar surface area (TPSA) is 20.2 Å². The molecule has 1 aromatic carbocycles. The van der Waals surface area contributed by atoms with Crippen LogP contribution in [0.2, 0.25) is 0 Å². The summed E-state index contributed by atoms with van der Waals surface area (Å²) in [4.78, 5) is 0. The van der Waals surface area contributed by atoms with Crippen molar-refractivity contribution in [1.82, 2.24) is 0 Å². The number of aliphatic hydroxyl groups is 1. The van der Waals surface area contributed by atoms with Crippen molar-refractivity contribution in [2.24, 2.45) is 0 Å². The minimum Gasteiger partial charge on any atom is -0.392 e. The van der Waals surface area contributed by atoms with Crippen LogP contribution in [0.5, 0.6) is 0 Å². The largest absolute Gasteiger partial charge is 0.392 e. The van der Waals surface area contributed by atoms with E-state index in [1.54, 1.807) is 0 Å². The highest BCUT2D eigenvalue weighted by Crippen LogP contribution is 2.23. The summed E-state index contributed by atoms with van der Waals surface area (Å²) in [5.74, 6) is 0.573. The van der Waals surface area contributed by atoms with E-state index >= 15 is 0 Å².